The first kappa shape index (κ1) is 13.6. The molecule has 0 aliphatic carbocycles. The third-order valence-corrected chi connectivity index (χ3v) is 5.37. The van der Waals surface area contributed by atoms with Crippen molar-refractivity contribution < 1.29 is 4.74 Å². The molecule has 6 nitrogen and oxygen atoms in total. The molecular weight excluding hydrogens is 270 g/mol. The maximum absolute atomic E-state index is 5.38. The number of nitrogens with two attached hydrogens (primary N) is 1. The van der Waals surface area contributed by atoms with Crippen molar-refractivity contribution >= 4 is 35.2 Å². The minimum Gasteiger partial charge on any atom is -0.490 e. The topological polar surface area (TPSA) is 85.1 Å². The van der Waals surface area contributed by atoms with Crippen LogP contribution in [0.25, 0.3) is 0 Å². The van der Waals surface area contributed by atoms with E-state index in [4.69, 9.17) is 10.6 Å². The highest BCUT2D eigenvalue weighted by atomic mass is 32.2. The zero-order valence-electron chi connectivity index (χ0n) is 10.2. The summed E-state index contributed by atoms with van der Waals surface area (Å²) in [6.07, 6.45) is 1.46. The van der Waals surface area contributed by atoms with Gasteiger partial charge in [0.05, 0.1) is 7.11 Å². The summed E-state index contributed by atoms with van der Waals surface area (Å²) in [5, 5.41) is 3.91. The molecule has 18 heavy (non-hydrogen) atoms. The number of hydrogen-bond donors (Lipinski definition) is 3. The molecule has 1 unspecified atom stereocenters. The number of nitrogen functional groups attached to an aromatic ring is 1. The quantitative estimate of drug-likeness (QED) is 0.547. The Hall–Kier alpha value is -0.860. The van der Waals surface area contributed by atoms with Gasteiger partial charge in [-0.25, -0.2) is 15.8 Å². The highest BCUT2D eigenvalue weighted by molar-refractivity contribution is 8.06. The fraction of sp³-hybridized carbons (Fsp3) is 0.600. The summed E-state index contributed by atoms with van der Waals surface area (Å²) in [4.78, 5) is 8.19. The Morgan fingerprint density at radius 1 is 1.44 bits per heavy atom. The highest BCUT2D eigenvalue weighted by Crippen LogP contribution is 2.29. The molecule has 0 saturated carbocycles. The Bertz CT molecular complexity index is 387. The van der Waals surface area contributed by atoms with Crippen LogP contribution in [0, 0.1) is 0 Å². The zero-order chi connectivity index (χ0) is 12.8. The maximum atomic E-state index is 5.38. The fourth-order valence-electron chi connectivity index (χ4n) is 1.66. The number of nitrogens with zero attached hydrogens (tertiary/aromatic N) is 2. The molecule has 1 aromatic heterocycles. The van der Waals surface area contributed by atoms with Crippen molar-refractivity contribution in [3.8, 4) is 5.75 Å². The van der Waals surface area contributed by atoms with Gasteiger partial charge in [0, 0.05) is 29.1 Å². The van der Waals surface area contributed by atoms with Gasteiger partial charge in [0.15, 0.2) is 11.6 Å². The van der Waals surface area contributed by atoms with Crippen LogP contribution in [0.1, 0.15) is 0 Å². The molecule has 1 fully saturated rings. The van der Waals surface area contributed by atoms with E-state index < -0.39 is 0 Å². The van der Waals surface area contributed by atoms with Gasteiger partial charge in [-0.3, -0.25) is 0 Å². The van der Waals surface area contributed by atoms with Crippen molar-refractivity contribution in [2.24, 2.45) is 5.84 Å². The smallest absolute Gasteiger partial charge is 0.205 e. The summed E-state index contributed by atoms with van der Waals surface area (Å²) in [7, 11) is 1.58. The van der Waals surface area contributed by atoms with Crippen LogP contribution in [0.5, 0.6) is 5.75 Å². The Morgan fingerprint density at radius 2 is 2.28 bits per heavy atom. The van der Waals surface area contributed by atoms with Crippen molar-refractivity contribution in [3.63, 3.8) is 0 Å². The minimum atomic E-state index is 0.487. The second-order valence-corrected chi connectivity index (χ2v) is 6.26. The van der Waals surface area contributed by atoms with Crippen LogP contribution in [0.15, 0.2) is 6.33 Å². The number of thioether (sulfide) groups is 2. The Balaban J connectivity index is 1.99. The summed E-state index contributed by atoms with van der Waals surface area (Å²) in [5.74, 6) is 10.7. The van der Waals surface area contributed by atoms with Crippen molar-refractivity contribution in [2.75, 3.05) is 41.7 Å². The van der Waals surface area contributed by atoms with E-state index in [0.29, 0.717) is 22.6 Å². The van der Waals surface area contributed by atoms with E-state index in [9.17, 15) is 0 Å². The summed E-state index contributed by atoms with van der Waals surface area (Å²) >= 11 is 4.00. The Kier molecular flexibility index (Phi) is 5.21. The van der Waals surface area contributed by atoms with E-state index in [-0.39, 0.29) is 0 Å². The third-order valence-electron chi connectivity index (χ3n) is 2.53. The summed E-state index contributed by atoms with van der Waals surface area (Å²) < 4.78 is 5.27. The van der Waals surface area contributed by atoms with E-state index in [1.165, 1.54) is 23.6 Å². The first-order valence-electron chi connectivity index (χ1n) is 5.64. The van der Waals surface area contributed by atoms with Gasteiger partial charge in [0.2, 0.25) is 5.75 Å². The second kappa shape index (κ2) is 6.91. The van der Waals surface area contributed by atoms with Crippen molar-refractivity contribution in [1.82, 2.24) is 9.97 Å². The van der Waals surface area contributed by atoms with Gasteiger partial charge in [0.25, 0.3) is 0 Å². The average Bonchev–Trinajstić information content (AvgIpc) is 2.45. The molecule has 8 heteroatoms. The highest BCUT2D eigenvalue weighted by Gasteiger charge is 2.16. The SMILES string of the molecule is COc1c(NN)ncnc1NCC1CSCCS1. The number of hydrogen-bond acceptors (Lipinski definition) is 8. The molecule has 1 aliphatic heterocycles. The van der Waals surface area contributed by atoms with Crippen LogP contribution >= 0.6 is 23.5 Å². The van der Waals surface area contributed by atoms with Crippen LogP contribution < -0.4 is 21.3 Å². The third kappa shape index (κ3) is 3.33. The van der Waals surface area contributed by atoms with Crippen LogP contribution in [0.4, 0.5) is 11.6 Å². The molecule has 1 aliphatic rings. The van der Waals surface area contributed by atoms with Crippen LogP contribution in [0.2, 0.25) is 0 Å². The van der Waals surface area contributed by atoms with Crippen LogP contribution in [0.3, 0.4) is 0 Å². The lowest BCUT2D eigenvalue weighted by molar-refractivity contribution is 0.414. The molecule has 1 saturated heterocycles. The van der Waals surface area contributed by atoms with Crippen molar-refractivity contribution in [3.05, 3.63) is 6.33 Å². The van der Waals surface area contributed by atoms with Gasteiger partial charge >= 0.3 is 0 Å². The normalized spacial score (nSPS) is 19.3. The molecule has 4 N–H and O–H groups in total. The molecule has 0 spiro atoms. The molecule has 100 valence electrons. The molecule has 0 bridgehead atoms. The van der Waals surface area contributed by atoms with Gasteiger partial charge in [-0.05, 0) is 0 Å². The average molecular weight is 287 g/mol. The lowest BCUT2D eigenvalue weighted by Crippen LogP contribution is -2.24. The van der Waals surface area contributed by atoms with Crippen LogP contribution in [-0.4, -0.2) is 46.1 Å². The van der Waals surface area contributed by atoms with Gasteiger partial charge in [-0.15, -0.1) is 0 Å². The van der Waals surface area contributed by atoms with Gasteiger partial charge in [-0.2, -0.15) is 23.5 Å². The number of hydrazine groups is 1. The second-order valence-electron chi connectivity index (χ2n) is 3.70. The molecule has 1 aromatic rings. The Morgan fingerprint density at radius 3 is 2.94 bits per heavy atom. The minimum absolute atomic E-state index is 0.487. The van der Waals surface area contributed by atoms with Gasteiger partial charge < -0.3 is 15.5 Å². The molecule has 0 amide bonds. The first-order chi connectivity index (χ1) is 8.85. The number of methoxy groups -OCH3 is 1. The molecule has 2 heterocycles. The zero-order valence-corrected chi connectivity index (χ0v) is 11.8. The van der Waals surface area contributed by atoms with E-state index >= 15 is 0 Å². The predicted octanol–water partition coefficient (Wildman–Crippen LogP) is 1.03. The molecule has 0 radical (unpaired) electrons. The maximum Gasteiger partial charge on any atom is 0.205 e. The van der Waals surface area contributed by atoms with Crippen molar-refractivity contribution in [2.45, 2.75) is 5.25 Å². The number of anilines is 2. The van der Waals surface area contributed by atoms with E-state index in [1.807, 2.05) is 23.5 Å². The Labute approximate surface area is 115 Å². The van der Waals surface area contributed by atoms with Gasteiger partial charge in [0.1, 0.15) is 6.33 Å². The van der Waals surface area contributed by atoms with E-state index in [2.05, 4.69) is 20.7 Å². The number of nitrogens with one attached hydrogen (secondary N) is 2. The number of aromatic nitrogens is 2. The predicted molar refractivity (Wildman–Crippen MR) is 78.5 cm³/mol. The summed E-state index contributed by atoms with van der Waals surface area (Å²) in [6.45, 7) is 0.870. The van der Waals surface area contributed by atoms with Crippen molar-refractivity contribution in [1.29, 1.82) is 0 Å². The lowest BCUT2D eigenvalue weighted by atomic mass is 10.4. The largest absolute Gasteiger partial charge is 0.490 e. The van der Waals surface area contributed by atoms with Crippen LogP contribution in [-0.2, 0) is 0 Å². The van der Waals surface area contributed by atoms with Gasteiger partial charge in [-0.1, -0.05) is 0 Å². The summed E-state index contributed by atoms with van der Waals surface area (Å²) in [6, 6.07) is 0. The monoisotopic (exact) mass is 287 g/mol. The first-order valence-corrected chi connectivity index (χ1v) is 7.84. The standard InChI is InChI=1S/C10H17N5OS2/c1-16-8-9(13-6-14-10(8)15-11)12-4-7-5-17-2-3-18-7/h6-7H,2-5,11H2,1H3,(H2,12,13,14,15). The molecular formula is C10H17N5OS2. The lowest BCUT2D eigenvalue weighted by Gasteiger charge is -2.22. The molecule has 2 rings (SSSR count). The van der Waals surface area contributed by atoms with E-state index in [1.54, 1.807) is 7.11 Å². The number of ether oxygens (including phenoxy) is 1. The van der Waals surface area contributed by atoms with E-state index in [0.717, 1.165) is 6.54 Å². The molecule has 0 aromatic carbocycles. The summed E-state index contributed by atoms with van der Waals surface area (Å²) in [5.41, 5.74) is 2.50. The fourth-order valence-corrected chi connectivity index (χ4v) is 4.27. The number of rotatable bonds is 5. The molecule has 1 atom stereocenters.